The zero-order chi connectivity index (χ0) is 22.3. The summed E-state index contributed by atoms with van der Waals surface area (Å²) in [7, 11) is 0. The fourth-order valence-electron chi connectivity index (χ4n) is 2.89. The first kappa shape index (κ1) is 27.9. The molecule has 4 nitrogen and oxygen atoms in total. The van der Waals surface area contributed by atoms with Gasteiger partial charge in [-0.25, -0.2) is 0 Å². The van der Waals surface area contributed by atoms with E-state index in [0.29, 0.717) is 12.8 Å². The van der Waals surface area contributed by atoms with Crippen LogP contribution in [-0.2, 0) is 14.3 Å². The standard InChI is InChI=1S/C26H42O4/c1-3-5-6-7-8-9-10-11-12-13-14-15-16-17-18-19-20-22-26(29)30-24(21-4-2)23-25(27)28/h8-9,11-12,14-15,17-18,24H,3-7,10,13,16,19-23H2,1-2H3,(H,27,28)/b9-8-,12-11-,15-14-,18-17-. The van der Waals surface area contributed by atoms with Gasteiger partial charge >= 0.3 is 11.9 Å². The minimum atomic E-state index is -0.928. The number of esters is 1. The molecule has 0 saturated carbocycles. The number of carbonyl (C=O) groups is 2. The number of allylic oxidation sites excluding steroid dienone is 8. The van der Waals surface area contributed by atoms with Crippen LogP contribution in [0, 0.1) is 0 Å². The van der Waals surface area contributed by atoms with Crippen LogP contribution in [0.15, 0.2) is 48.6 Å². The lowest BCUT2D eigenvalue weighted by Crippen LogP contribution is -2.21. The molecule has 0 aromatic carbocycles. The van der Waals surface area contributed by atoms with E-state index in [2.05, 4.69) is 55.5 Å². The molecule has 0 aromatic heterocycles. The SMILES string of the molecule is CCCCC/C=C\C/C=C\C/C=C\C/C=C\CCCC(=O)OC(CCC)CC(=O)O. The number of hydrogen-bond donors (Lipinski definition) is 1. The van der Waals surface area contributed by atoms with Crippen LogP contribution >= 0.6 is 0 Å². The molecule has 0 aliphatic rings. The molecule has 0 bridgehead atoms. The molecule has 0 spiro atoms. The third kappa shape index (κ3) is 20.6. The highest BCUT2D eigenvalue weighted by atomic mass is 16.5. The van der Waals surface area contributed by atoms with E-state index in [-0.39, 0.29) is 12.4 Å². The molecule has 0 aromatic rings. The third-order valence-corrected chi connectivity index (χ3v) is 4.52. The zero-order valence-electron chi connectivity index (χ0n) is 19.1. The summed E-state index contributed by atoms with van der Waals surface area (Å²) in [6.07, 6.45) is 28.0. The van der Waals surface area contributed by atoms with Gasteiger partial charge in [0.25, 0.3) is 0 Å². The number of carbonyl (C=O) groups excluding carboxylic acids is 1. The molecule has 0 fully saturated rings. The molecular formula is C26H42O4. The van der Waals surface area contributed by atoms with E-state index in [1.165, 1.54) is 25.7 Å². The van der Waals surface area contributed by atoms with Gasteiger partial charge in [0.15, 0.2) is 0 Å². The second kappa shape index (κ2) is 21.6. The second-order valence-electron chi connectivity index (χ2n) is 7.48. The van der Waals surface area contributed by atoms with Gasteiger partial charge in [-0.1, -0.05) is 81.7 Å². The summed E-state index contributed by atoms with van der Waals surface area (Å²) in [5.41, 5.74) is 0. The van der Waals surface area contributed by atoms with Crippen LogP contribution < -0.4 is 0 Å². The third-order valence-electron chi connectivity index (χ3n) is 4.52. The van der Waals surface area contributed by atoms with Crippen molar-refractivity contribution < 1.29 is 19.4 Å². The quantitative estimate of drug-likeness (QED) is 0.136. The van der Waals surface area contributed by atoms with E-state index in [4.69, 9.17) is 9.84 Å². The second-order valence-corrected chi connectivity index (χ2v) is 7.48. The molecule has 1 N–H and O–H groups in total. The number of rotatable bonds is 19. The summed E-state index contributed by atoms with van der Waals surface area (Å²) in [5, 5.41) is 8.84. The molecular weight excluding hydrogens is 376 g/mol. The lowest BCUT2D eigenvalue weighted by molar-refractivity contribution is -0.153. The van der Waals surface area contributed by atoms with Crippen LogP contribution in [0.4, 0.5) is 0 Å². The summed E-state index contributed by atoms with van der Waals surface area (Å²) < 4.78 is 5.26. The molecule has 0 aliphatic carbocycles. The van der Waals surface area contributed by atoms with Gasteiger partial charge in [-0.15, -0.1) is 0 Å². The molecule has 4 heteroatoms. The van der Waals surface area contributed by atoms with Crippen LogP contribution in [0.5, 0.6) is 0 Å². The topological polar surface area (TPSA) is 63.6 Å². The zero-order valence-corrected chi connectivity index (χ0v) is 19.1. The van der Waals surface area contributed by atoms with Crippen molar-refractivity contribution in [1.82, 2.24) is 0 Å². The monoisotopic (exact) mass is 418 g/mol. The summed E-state index contributed by atoms with van der Waals surface area (Å²) >= 11 is 0. The van der Waals surface area contributed by atoms with Gasteiger partial charge in [0.05, 0.1) is 6.42 Å². The van der Waals surface area contributed by atoms with Gasteiger partial charge in [0, 0.05) is 6.42 Å². The van der Waals surface area contributed by atoms with E-state index in [1.807, 2.05) is 6.92 Å². The van der Waals surface area contributed by atoms with Crippen LogP contribution in [0.25, 0.3) is 0 Å². The minimum absolute atomic E-state index is 0.114. The number of carboxylic acid groups (broad SMARTS) is 1. The first-order chi connectivity index (χ1) is 14.6. The van der Waals surface area contributed by atoms with E-state index < -0.39 is 12.1 Å². The predicted molar refractivity (Wildman–Crippen MR) is 125 cm³/mol. The largest absolute Gasteiger partial charge is 0.481 e. The summed E-state index contributed by atoms with van der Waals surface area (Å²) in [6, 6.07) is 0. The van der Waals surface area contributed by atoms with Crippen molar-refractivity contribution in [3.63, 3.8) is 0 Å². The summed E-state index contributed by atoms with van der Waals surface area (Å²) in [6.45, 7) is 4.18. The maximum Gasteiger partial charge on any atom is 0.307 e. The van der Waals surface area contributed by atoms with Crippen molar-refractivity contribution in [2.45, 2.75) is 103 Å². The van der Waals surface area contributed by atoms with E-state index in [1.54, 1.807) is 0 Å². The van der Waals surface area contributed by atoms with Gasteiger partial charge in [-0.2, -0.15) is 0 Å². The van der Waals surface area contributed by atoms with Crippen LogP contribution in [0.2, 0.25) is 0 Å². The number of unbranched alkanes of at least 4 members (excludes halogenated alkanes) is 4. The Morgan fingerprint density at radius 3 is 1.80 bits per heavy atom. The maximum atomic E-state index is 11.8. The molecule has 0 heterocycles. The Balaban J connectivity index is 3.70. The highest BCUT2D eigenvalue weighted by Gasteiger charge is 2.16. The lowest BCUT2D eigenvalue weighted by atomic mass is 10.1. The molecule has 0 radical (unpaired) electrons. The van der Waals surface area contributed by atoms with Crippen molar-refractivity contribution in [3.05, 3.63) is 48.6 Å². The average Bonchev–Trinajstić information content (AvgIpc) is 2.70. The van der Waals surface area contributed by atoms with Gasteiger partial charge in [-0.05, 0) is 51.4 Å². The molecule has 1 unspecified atom stereocenters. The maximum absolute atomic E-state index is 11.8. The Bertz CT molecular complexity index is 543. The first-order valence-electron chi connectivity index (χ1n) is 11.6. The Labute approximate surface area is 183 Å². The van der Waals surface area contributed by atoms with Crippen molar-refractivity contribution in [2.24, 2.45) is 0 Å². The van der Waals surface area contributed by atoms with Crippen molar-refractivity contribution in [1.29, 1.82) is 0 Å². The highest BCUT2D eigenvalue weighted by Crippen LogP contribution is 2.10. The molecule has 0 saturated heterocycles. The van der Waals surface area contributed by atoms with Crippen LogP contribution in [-0.4, -0.2) is 23.1 Å². The Morgan fingerprint density at radius 1 is 0.767 bits per heavy atom. The lowest BCUT2D eigenvalue weighted by Gasteiger charge is -2.15. The van der Waals surface area contributed by atoms with Gasteiger partial charge in [0.1, 0.15) is 6.10 Å². The van der Waals surface area contributed by atoms with Crippen LogP contribution in [0.3, 0.4) is 0 Å². The molecule has 170 valence electrons. The fraction of sp³-hybridized carbons (Fsp3) is 0.615. The highest BCUT2D eigenvalue weighted by molar-refractivity contribution is 5.71. The van der Waals surface area contributed by atoms with Gasteiger partial charge in [-0.3, -0.25) is 9.59 Å². The summed E-state index contributed by atoms with van der Waals surface area (Å²) in [4.78, 5) is 22.6. The molecule has 30 heavy (non-hydrogen) atoms. The number of carboxylic acids is 1. The first-order valence-corrected chi connectivity index (χ1v) is 11.6. The molecule has 0 amide bonds. The number of hydrogen-bond acceptors (Lipinski definition) is 3. The van der Waals surface area contributed by atoms with Crippen molar-refractivity contribution >= 4 is 11.9 Å². The molecule has 0 rings (SSSR count). The van der Waals surface area contributed by atoms with Crippen LogP contribution in [0.1, 0.15) is 97.3 Å². The number of ether oxygens (including phenoxy) is 1. The predicted octanol–water partition coefficient (Wildman–Crippen LogP) is 7.32. The van der Waals surface area contributed by atoms with Gasteiger partial charge < -0.3 is 9.84 Å². The Hall–Kier alpha value is -2.10. The van der Waals surface area contributed by atoms with Crippen molar-refractivity contribution in [3.8, 4) is 0 Å². The molecule has 1 atom stereocenters. The minimum Gasteiger partial charge on any atom is -0.481 e. The number of aliphatic carboxylic acids is 1. The average molecular weight is 419 g/mol. The normalized spacial score (nSPS) is 13.1. The van der Waals surface area contributed by atoms with E-state index in [9.17, 15) is 9.59 Å². The van der Waals surface area contributed by atoms with E-state index >= 15 is 0 Å². The Morgan fingerprint density at radius 2 is 1.30 bits per heavy atom. The Kier molecular flexibility index (Phi) is 20.1. The van der Waals surface area contributed by atoms with E-state index in [0.717, 1.165) is 38.5 Å². The van der Waals surface area contributed by atoms with Gasteiger partial charge in [0.2, 0.25) is 0 Å². The smallest absolute Gasteiger partial charge is 0.307 e. The fourth-order valence-corrected chi connectivity index (χ4v) is 2.89. The van der Waals surface area contributed by atoms with Crippen molar-refractivity contribution in [2.75, 3.05) is 0 Å². The molecule has 0 aliphatic heterocycles. The summed E-state index contributed by atoms with van der Waals surface area (Å²) in [5.74, 6) is -1.23.